The first-order chi connectivity index (χ1) is 14.4. The molecule has 0 saturated carbocycles. The lowest BCUT2D eigenvalue weighted by Crippen LogP contribution is -2.48. The number of nitrogens with one attached hydrogen (secondary N) is 1. The molecule has 2 aromatic carbocycles. The Morgan fingerprint density at radius 1 is 0.900 bits per heavy atom. The fourth-order valence-corrected chi connectivity index (χ4v) is 3.32. The van der Waals surface area contributed by atoms with Crippen LogP contribution in [-0.2, 0) is 4.79 Å². The fourth-order valence-electron chi connectivity index (χ4n) is 3.32. The number of methoxy groups -OCH3 is 2. The molecule has 0 bridgehead atoms. The highest BCUT2D eigenvalue weighted by molar-refractivity contribution is 5.95. The van der Waals surface area contributed by atoms with Gasteiger partial charge in [0, 0.05) is 55.1 Å². The van der Waals surface area contributed by atoms with Crippen molar-refractivity contribution < 1.29 is 19.1 Å². The van der Waals surface area contributed by atoms with Gasteiger partial charge in [-0.25, -0.2) is 0 Å². The third-order valence-electron chi connectivity index (χ3n) is 5.19. The molecule has 0 spiro atoms. The lowest BCUT2D eigenvalue weighted by atomic mass is 10.1. The molecular formula is C23H29N3O4. The van der Waals surface area contributed by atoms with Crippen LogP contribution in [-0.4, -0.2) is 57.1 Å². The van der Waals surface area contributed by atoms with Crippen LogP contribution in [0.1, 0.15) is 24.2 Å². The number of carbonyl (C=O) groups excluding carboxylic acids is 2. The Hall–Kier alpha value is -3.22. The van der Waals surface area contributed by atoms with Crippen LogP contribution in [0.15, 0.2) is 42.5 Å². The fraction of sp³-hybridized carbons (Fsp3) is 0.391. The van der Waals surface area contributed by atoms with Gasteiger partial charge in [0.25, 0.3) is 5.91 Å². The predicted octanol–water partition coefficient (Wildman–Crippen LogP) is 3.26. The number of hydrogen-bond acceptors (Lipinski definition) is 5. The van der Waals surface area contributed by atoms with E-state index < -0.39 is 0 Å². The molecule has 0 atom stereocenters. The smallest absolute Gasteiger partial charge is 0.254 e. The third-order valence-corrected chi connectivity index (χ3v) is 5.19. The maximum absolute atomic E-state index is 12.9. The van der Waals surface area contributed by atoms with Crippen LogP contribution in [0.4, 0.5) is 11.4 Å². The largest absolute Gasteiger partial charge is 0.497 e. The molecule has 0 aliphatic carbocycles. The number of piperazine rings is 1. The Balaban J connectivity index is 1.61. The van der Waals surface area contributed by atoms with Crippen molar-refractivity contribution in [3.05, 3.63) is 48.0 Å². The van der Waals surface area contributed by atoms with E-state index >= 15 is 0 Å². The summed E-state index contributed by atoms with van der Waals surface area (Å²) in [6.45, 7) is 6.47. The first-order valence-electron chi connectivity index (χ1n) is 10.1. The van der Waals surface area contributed by atoms with Gasteiger partial charge in [-0.05, 0) is 36.4 Å². The van der Waals surface area contributed by atoms with E-state index in [0.29, 0.717) is 30.2 Å². The minimum absolute atomic E-state index is 0.00375. The van der Waals surface area contributed by atoms with Crippen LogP contribution in [0, 0.1) is 5.92 Å². The highest BCUT2D eigenvalue weighted by atomic mass is 16.5. The number of amides is 2. The van der Waals surface area contributed by atoms with Crippen LogP contribution in [0.25, 0.3) is 0 Å². The summed E-state index contributed by atoms with van der Waals surface area (Å²) in [6.07, 6.45) is 0. The van der Waals surface area contributed by atoms with Crippen molar-refractivity contribution in [1.82, 2.24) is 4.90 Å². The Labute approximate surface area is 177 Å². The molecule has 1 aliphatic rings. The van der Waals surface area contributed by atoms with Gasteiger partial charge in [-0.3, -0.25) is 9.59 Å². The lowest BCUT2D eigenvalue weighted by molar-refractivity contribution is -0.118. The summed E-state index contributed by atoms with van der Waals surface area (Å²) < 4.78 is 10.5. The maximum Gasteiger partial charge on any atom is 0.254 e. The zero-order valence-electron chi connectivity index (χ0n) is 18.0. The number of carbonyl (C=O) groups is 2. The first-order valence-corrected chi connectivity index (χ1v) is 10.1. The van der Waals surface area contributed by atoms with E-state index in [1.165, 1.54) is 0 Å². The van der Waals surface area contributed by atoms with Crippen LogP contribution >= 0.6 is 0 Å². The number of ether oxygens (including phenoxy) is 2. The predicted molar refractivity (Wildman–Crippen MR) is 118 cm³/mol. The van der Waals surface area contributed by atoms with Crippen LogP contribution in [0.2, 0.25) is 0 Å². The summed E-state index contributed by atoms with van der Waals surface area (Å²) in [6, 6.07) is 13.1. The molecule has 1 saturated heterocycles. The van der Waals surface area contributed by atoms with Crippen LogP contribution in [0.3, 0.4) is 0 Å². The molecule has 2 amide bonds. The average molecular weight is 412 g/mol. The molecule has 3 rings (SSSR count). The molecule has 1 heterocycles. The lowest BCUT2D eigenvalue weighted by Gasteiger charge is -2.36. The summed E-state index contributed by atoms with van der Waals surface area (Å²) in [7, 11) is 3.14. The second-order valence-corrected chi connectivity index (χ2v) is 7.57. The van der Waals surface area contributed by atoms with E-state index in [9.17, 15) is 9.59 Å². The number of rotatable bonds is 6. The number of nitrogens with zero attached hydrogens (tertiary/aromatic N) is 2. The summed E-state index contributed by atoms with van der Waals surface area (Å²) in [5, 5.41) is 2.90. The quantitative estimate of drug-likeness (QED) is 0.790. The number of anilines is 2. The SMILES string of the molecule is COc1cc(OC)cc(C(=O)N2CCN(c3ccc(NC(=O)C(C)C)cc3)CC2)c1. The van der Waals surface area contributed by atoms with Gasteiger partial charge in [-0.15, -0.1) is 0 Å². The van der Waals surface area contributed by atoms with Gasteiger partial charge in [0.2, 0.25) is 5.91 Å². The summed E-state index contributed by atoms with van der Waals surface area (Å²) in [4.78, 5) is 28.8. The van der Waals surface area contributed by atoms with Crippen molar-refractivity contribution >= 4 is 23.2 Å². The van der Waals surface area contributed by atoms with Crippen molar-refractivity contribution in [2.24, 2.45) is 5.92 Å². The molecule has 0 aromatic heterocycles. The number of hydrogen-bond donors (Lipinski definition) is 1. The normalized spacial score (nSPS) is 13.9. The molecule has 160 valence electrons. The molecule has 2 aromatic rings. The topological polar surface area (TPSA) is 71.1 Å². The molecule has 1 aliphatic heterocycles. The number of benzene rings is 2. The monoisotopic (exact) mass is 411 g/mol. The zero-order valence-corrected chi connectivity index (χ0v) is 18.0. The molecule has 7 nitrogen and oxygen atoms in total. The van der Waals surface area contributed by atoms with Gasteiger partial charge >= 0.3 is 0 Å². The van der Waals surface area contributed by atoms with Gasteiger partial charge in [0.1, 0.15) is 11.5 Å². The molecule has 7 heteroatoms. The molecule has 0 radical (unpaired) electrons. The highest BCUT2D eigenvalue weighted by Gasteiger charge is 2.23. The van der Waals surface area contributed by atoms with E-state index in [1.807, 2.05) is 43.0 Å². The van der Waals surface area contributed by atoms with E-state index in [2.05, 4.69) is 10.2 Å². The van der Waals surface area contributed by atoms with Crippen molar-refractivity contribution in [2.75, 3.05) is 50.6 Å². The van der Waals surface area contributed by atoms with E-state index in [-0.39, 0.29) is 17.7 Å². The van der Waals surface area contributed by atoms with Gasteiger partial charge in [0.15, 0.2) is 0 Å². The Bertz CT molecular complexity index is 866. The molecule has 1 N–H and O–H groups in total. The highest BCUT2D eigenvalue weighted by Crippen LogP contribution is 2.25. The van der Waals surface area contributed by atoms with Gasteiger partial charge in [0.05, 0.1) is 14.2 Å². The Morgan fingerprint density at radius 2 is 1.47 bits per heavy atom. The summed E-state index contributed by atoms with van der Waals surface area (Å²) in [5.41, 5.74) is 2.43. The van der Waals surface area contributed by atoms with Gasteiger partial charge in [-0.2, -0.15) is 0 Å². The van der Waals surface area contributed by atoms with Crippen molar-refractivity contribution in [2.45, 2.75) is 13.8 Å². The zero-order chi connectivity index (χ0) is 21.7. The Morgan fingerprint density at radius 3 is 1.97 bits per heavy atom. The van der Waals surface area contributed by atoms with E-state index in [4.69, 9.17) is 9.47 Å². The van der Waals surface area contributed by atoms with Crippen LogP contribution < -0.4 is 19.7 Å². The molecule has 30 heavy (non-hydrogen) atoms. The standard InChI is InChI=1S/C23H29N3O4/c1-16(2)22(27)24-18-5-7-19(8-6-18)25-9-11-26(12-10-25)23(28)17-13-20(29-3)15-21(14-17)30-4/h5-8,13-16H,9-12H2,1-4H3,(H,24,27). The summed E-state index contributed by atoms with van der Waals surface area (Å²) in [5.74, 6) is 1.12. The molecule has 1 fully saturated rings. The Kier molecular flexibility index (Phi) is 6.82. The van der Waals surface area contributed by atoms with Gasteiger partial charge < -0.3 is 24.6 Å². The summed E-state index contributed by atoms with van der Waals surface area (Å²) >= 11 is 0. The third kappa shape index (κ3) is 5.03. The molecule has 0 unspecified atom stereocenters. The van der Waals surface area contributed by atoms with Gasteiger partial charge in [-0.1, -0.05) is 13.8 Å². The van der Waals surface area contributed by atoms with Crippen molar-refractivity contribution in [1.29, 1.82) is 0 Å². The second kappa shape index (κ2) is 9.52. The van der Waals surface area contributed by atoms with E-state index in [0.717, 1.165) is 24.5 Å². The van der Waals surface area contributed by atoms with E-state index in [1.54, 1.807) is 32.4 Å². The minimum atomic E-state index is -0.0557. The molecular weight excluding hydrogens is 382 g/mol. The van der Waals surface area contributed by atoms with Crippen LogP contribution in [0.5, 0.6) is 11.5 Å². The average Bonchev–Trinajstić information content (AvgIpc) is 2.78. The maximum atomic E-state index is 12.9. The van der Waals surface area contributed by atoms with Crippen molar-refractivity contribution in [3.63, 3.8) is 0 Å². The second-order valence-electron chi connectivity index (χ2n) is 7.57. The minimum Gasteiger partial charge on any atom is -0.497 e. The first kappa shape index (κ1) is 21.5. The van der Waals surface area contributed by atoms with Crippen molar-refractivity contribution in [3.8, 4) is 11.5 Å².